The van der Waals surface area contributed by atoms with Crippen molar-refractivity contribution in [3.8, 4) is 0 Å². The molecule has 1 aromatic rings. The topological polar surface area (TPSA) is 80.3 Å². The van der Waals surface area contributed by atoms with Gasteiger partial charge < -0.3 is 0 Å². The fraction of sp³-hybridized carbons (Fsp3) is 0.333. The third-order valence-corrected chi connectivity index (χ3v) is 6.30. The molecule has 0 atom stereocenters. The van der Waals surface area contributed by atoms with Crippen molar-refractivity contribution in [3.05, 3.63) is 17.5 Å². The summed E-state index contributed by atoms with van der Waals surface area (Å²) < 4.78 is 46.5. The molecule has 0 bridgehead atoms. The molecular formula is C6H9NO4S3. The van der Waals surface area contributed by atoms with Gasteiger partial charge in [-0.2, -0.15) is 0 Å². The number of hydrogen-bond donors (Lipinski definition) is 1. The molecule has 0 amide bonds. The van der Waals surface area contributed by atoms with E-state index in [1.165, 1.54) is 19.1 Å². The lowest BCUT2D eigenvalue weighted by Gasteiger charge is -2.02. The van der Waals surface area contributed by atoms with Crippen LogP contribution in [0.1, 0.15) is 6.92 Å². The van der Waals surface area contributed by atoms with Crippen molar-refractivity contribution in [2.75, 3.05) is 5.75 Å². The van der Waals surface area contributed by atoms with Crippen molar-refractivity contribution in [2.45, 2.75) is 11.1 Å². The minimum absolute atomic E-state index is 0.00507. The van der Waals surface area contributed by atoms with Gasteiger partial charge in [0, 0.05) is 0 Å². The normalized spacial score (nSPS) is 12.9. The highest BCUT2D eigenvalue weighted by Gasteiger charge is 2.21. The highest BCUT2D eigenvalue weighted by Crippen LogP contribution is 2.15. The Bertz CT molecular complexity index is 485. The molecule has 0 fully saturated rings. The van der Waals surface area contributed by atoms with Crippen molar-refractivity contribution >= 4 is 31.4 Å². The quantitative estimate of drug-likeness (QED) is 0.843. The zero-order chi connectivity index (χ0) is 10.8. The Morgan fingerprint density at radius 2 is 2.00 bits per heavy atom. The van der Waals surface area contributed by atoms with E-state index in [9.17, 15) is 16.8 Å². The van der Waals surface area contributed by atoms with E-state index in [0.717, 1.165) is 11.3 Å². The Balaban J connectivity index is 3.01. The molecule has 1 N–H and O–H groups in total. The predicted molar refractivity (Wildman–Crippen MR) is 54.1 cm³/mol. The largest absolute Gasteiger partial charge is 0.263 e. The summed E-state index contributed by atoms with van der Waals surface area (Å²) in [6.45, 7) is 1.37. The van der Waals surface area contributed by atoms with Crippen molar-refractivity contribution in [1.82, 2.24) is 4.13 Å². The van der Waals surface area contributed by atoms with Gasteiger partial charge in [0.25, 0.3) is 10.0 Å². The van der Waals surface area contributed by atoms with Crippen LogP contribution in [0.15, 0.2) is 21.7 Å². The molecule has 0 aliphatic carbocycles. The Morgan fingerprint density at radius 1 is 1.36 bits per heavy atom. The summed E-state index contributed by atoms with van der Waals surface area (Å²) in [5.74, 6) is -0.266. The summed E-state index contributed by atoms with van der Waals surface area (Å²) in [6.07, 6.45) is 0. The second-order valence-corrected chi connectivity index (χ2v) is 7.55. The van der Waals surface area contributed by atoms with Gasteiger partial charge in [0.15, 0.2) is 0 Å². The van der Waals surface area contributed by atoms with Crippen LogP contribution in [0.4, 0.5) is 0 Å². The Labute approximate surface area is 86.9 Å². The molecule has 0 saturated carbocycles. The molecule has 0 spiro atoms. The van der Waals surface area contributed by atoms with E-state index in [4.69, 9.17) is 0 Å². The molecule has 1 aromatic heterocycles. The number of rotatable bonds is 4. The highest BCUT2D eigenvalue weighted by molar-refractivity contribution is 8.05. The lowest BCUT2D eigenvalue weighted by molar-refractivity contribution is 0.579. The van der Waals surface area contributed by atoms with Crippen LogP contribution in [0.3, 0.4) is 0 Å². The SMILES string of the molecule is CCS(=O)(=O)NS(=O)(=O)c1cccs1. The average molecular weight is 255 g/mol. The first-order valence-electron chi connectivity index (χ1n) is 3.67. The molecule has 0 unspecified atom stereocenters. The fourth-order valence-corrected chi connectivity index (χ4v) is 4.51. The second-order valence-electron chi connectivity index (χ2n) is 2.42. The molecule has 0 aromatic carbocycles. The molecular weight excluding hydrogens is 246 g/mol. The highest BCUT2D eigenvalue weighted by atomic mass is 32.3. The van der Waals surface area contributed by atoms with Gasteiger partial charge >= 0.3 is 0 Å². The van der Waals surface area contributed by atoms with Crippen molar-refractivity contribution < 1.29 is 16.8 Å². The Kier molecular flexibility index (Phi) is 3.30. The first-order valence-corrected chi connectivity index (χ1v) is 7.69. The first-order chi connectivity index (χ1) is 6.37. The molecule has 0 radical (unpaired) electrons. The maximum absolute atomic E-state index is 11.4. The van der Waals surface area contributed by atoms with Crippen LogP contribution in [-0.2, 0) is 20.0 Å². The van der Waals surface area contributed by atoms with Gasteiger partial charge in [-0.05, 0) is 18.4 Å². The maximum Gasteiger partial charge on any atom is 0.263 e. The molecule has 5 nitrogen and oxygen atoms in total. The van der Waals surface area contributed by atoms with Gasteiger partial charge in [-0.3, -0.25) is 0 Å². The summed E-state index contributed by atoms with van der Waals surface area (Å²) in [7, 11) is -7.64. The number of nitrogens with one attached hydrogen (secondary N) is 1. The zero-order valence-corrected chi connectivity index (χ0v) is 9.75. The average Bonchev–Trinajstić information content (AvgIpc) is 2.54. The van der Waals surface area contributed by atoms with E-state index < -0.39 is 20.0 Å². The molecule has 0 aliphatic rings. The van der Waals surface area contributed by atoms with Crippen LogP contribution in [0, 0.1) is 0 Å². The van der Waals surface area contributed by atoms with Gasteiger partial charge in [-0.15, -0.1) is 15.5 Å². The maximum atomic E-state index is 11.4. The van der Waals surface area contributed by atoms with Gasteiger partial charge in [0.1, 0.15) is 4.21 Å². The second kappa shape index (κ2) is 3.97. The van der Waals surface area contributed by atoms with Crippen LogP contribution in [0.25, 0.3) is 0 Å². The minimum atomic E-state index is -3.91. The summed E-state index contributed by atoms with van der Waals surface area (Å²) in [4.78, 5) is 0. The van der Waals surface area contributed by atoms with Crippen LogP contribution in [-0.4, -0.2) is 22.6 Å². The molecule has 0 aliphatic heterocycles. The molecule has 80 valence electrons. The number of hydrogen-bond acceptors (Lipinski definition) is 5. The molecule has 0 saturated heterocycles. The van der Waals surface area contributed by atoms with Crippen LogP contribution >= 0.6 is 11.3 Å². The Morgan fingerprint density at radius 3 is 2.43 bits per heavy atom. The third-order valence-electron chi connectivity index (χ3n) is 1.38. The van der Waals surface area contributed by atoms with E-state index in [2.05, 4.69) is 0 Å². The van der Waals surface area contributed by atoms with Crippen LogP contribution in [0.2, 0.25) is 0 Å². The van der Waals surface area contributed by atoms with Crippen LogP contribution in [0.5, 0.6) is 0 Å². The lowest BCUT2D eigenvalue weighted by Crippen LogP contribution is -2.31. The van der Waals surface area contributed by atoms with Gasteiger partial charge in [-0.1, -0.05) is 6.07 Å². The van der Waals surface area contributed by atoms with E-state index in [-0.39, 0.29) is 9.96 Å². The van der Waals surface area contributed by atoms with E-state index in [1.807, 2.05) is 0 Å². The standard InChI is InChI=1S/C6H9NO4S3/c1-2-13(8,9)7-14(10,11)6-4-3-5-12-6/h3-5,7H,2H2,1H3. The molecule has 8 heteroatoms. The van der Waals surface area contributed by atoms with Crippen molar-refractivity contribution in [1.29, 1.82) is 0 Å². The fourth-order valence-electron chi connectivity index (χ4n) is 0.684. The van der Waals surface area contributed by atoms with Gasteiger partial charge in [0.2, 0.25) is 10.0 Å². The number of sulfonamides is 2. The van der Waals surface area contributed by atoms with Gasteiger partial charge in [0.05, 0.1) is 5.75 Å². The molecule has 1 rings (SSSR count). The van der Waals surface area contributed by atoms with E-state index in [0.29, 0.717) is 0 Å². The lowest BCUT2D eigenvalue weighted by atomic mass is 10.7. The molecule has 1 heterocycles. The molecule has 14 heavy (non-hydrogen) atoms. The summed E-state index contributed by atoms with van der Waals surface area (Å²) in [6, 6.07) is 2.88. The minimum Gasteiger partial charge on any atom is -0.211 e. The third kappa shape index (κ3) is 2.77. The van der Waals surface area contributed by atoms with E-state index >= 15 is 0 Å². The first kappa shape index (κ1) is 11.6. The number of thiophene rings is 1. The van der Waals surface area contributed by atoms with Gasteiger partial charge in [-0.25, -0.2) is 16.8 Å². The van der Waals surface area contributed by atoms with E-state index in [1.54, 1.807) is 9.51 Å². The van der Waals surface area contributed by atoms with Crippen molar-refractivity contribution in [2.24, 2.45) is 0 Å². The predicted octanol–water partition coefficient (Wildman–Crippen LogP) is 0.376. The zero-order valence-electron chi connectivity index (χ0n) is 7.30. The van der Waals surface area contributed by atoms with Crippen molar-refractivity contribution in [3.63, 3.8) is 0 Å². The van der Waals surface area contributed by atoms with Crippen LogP contribution < -0.4 is 4.13 Å². The monoisotopic (exact) mass is 255 g/mol. The summed E-state index contributed by atoms with van der Waals surface area (Å²) >= 11 is 0.966. The summed E-state index contributed by atoms with van der Waals surface area (Å²) in [5, 5.41) is 1.56. The summed E-state index contributed by atoms with van der Waals surface area (Å²) in [5.41, 5.74) is 0. The smallest absolute Gasteiger partial charge is 0.211 e. The Hall–Kier alpha value is -0.440.